The minimum absolute atomic E-state index is 0.0110. The number of fused-ring (bicyclic) bond motifs is 1. The summed E-state index contributed by atoms with van der Waals surface area (Å²) < 4.78 is 87.0. The summed E-state index contributed by atoms with van der Waals surface area (Å²) in [6.07, 6.45) is -9.92. The van der Waals surface area contributed by atoms with E-state index in [1.54, 1.807) is 0 Å². The van der Waals surface area contributed by atoms with Gasteiger partial charge in [0.05, 0.1) is 18.2 Å². The molecule has 0 amide bonds. The first-order chi connectivity index (χ1) is 12.1. The van der Waals surface area contributed by atoms with Crippen LogP contribution in [0.3, 0.4) is 0 Å². The van der Waals surface area contributed by atoms with Crippen LogP contribution in [-0.4, -0.2) is 22.4 Å². The fourth-order valence-electron chi connectivity index (χ4n) is 2.14. The Morgan fingerprint density at radius 1 is 0.923 bits per heavy atom. The third-order valence-electron chi connectivity index (χ3n) is 3.27. The van der Waals surface area contributed by atoms with E-state index in [0.717, 1.165) is 0 Å². The van der Waals surface area contributed by atoms with Crippen molar-refractivity contribution in [3.63, 3.8) is 0 Å². The second kappa shape index (κ2) is 6.04. The molecule has 0 saturated heterocycles. The molecule has 0 aliphatic rings. The minimum Gasteiger partial charge on any atom is -0.479 e. The van der Waals surface area contributed by atoms with Crippen molar-refractivity contribution in [3.8, 4) is 5.88 Å². The van der Waals surface area contributed by atoms with Crippen molar-refractivity contribution in [2.45, 2.75) is 12.4 Å². The molecule has 0 fully saturated rings. The van der Waals surface area contributed by atoms with E-state index >= 15 is 0 Å². The Hall–Kier alpha value is -3.05. The second-order valence-electron chi connectivity index (χ2n) is 5.07. The lowest BCUT2D eigenvalue weighted by atomic mass is 10.1. The van der Waals surface area contributed by atoms with Gasteiger partial charge >= 0.3 is 12.4 Å². The van der Waals surface area contributed by atoms with Crippen molar-refractivity contribution in [2.24, 2.45) is 0 Å². The summed E-state index contributed by atoms with van der Waals surface area (Å²) in [6, 6.07) is 2.39. The highest BCUT2D eigenvalue weighted by Crippen LogP contribution is 2.39. The highest BCUT2D eigenvalue weighted by Gasteiger charge is 2.37. The zero-order valence-corrected chi connectivity index (χ0v) is 12.7. The summed E-state index contributed by atoms with van der Waals surface area (Å²) >= 11 is 0. The molecule has 0 unspecified atom stereocenters. The zero-order chi connectivity index (χ0) is 19.1. The Labute approximate surface area is 140 Å². The average Bonchev–Trinajstić information content (AvgIpc) is 2.99. The maximum atomic E-state index is 12.9. The van der Waals surface area contributed by atoms with Crippen LogP contribution in [0, 0.1) is 0 Å². The van der Waals surface area contributed by atoms with Crippen molar-refractivity contribution in [3.05, 3.63) is 35.4 Å². The van der Waals surface area contributed by atoms with Crippen LogP contribution in [0.2, 0.25) is 0 Å². The van der Waals surface area contributed by atoms with Crippen LogP contribution in [0.25, 0.3) is 11.2 Å². The molecule has 1 aromatic carbocycles. The zero-order valence-electron chi connectivity index (χ0n) is 12.7. The molecule has 3 rings (SSSR count). The topological polar surface area (TPSA) is 73.1 Å². The van der Waals surface area contributed by atoms with E-state index in [0.29, 0.717) is 12.1 Å². The van der Waals surface area contributed by atoms with Crippen molar-refractivity contribution in [2.75, 3.05) is 12.4 Å². The van der Waals surface area contributed by atoms with Gasteiger partial charge in [-0.2, -0.15) is 31.3 Å². The number of alkyl halides is 6. The Kier molecular flexibility index (Phi) is 4.12. The predicted octanol–water partition coefficient (Wildman–Crippen LogP) is 4.41. The van der Waals surface area contributed by atoms with E-state index < -0.39 is 29.2 Å². The minimum atomic E-state index is -4.96. The molecule has 0 aliphatic heterocycles. The highest BCUT2D eigenvalue weighted by molar-refractivity contribution is 5.79. The number of benzene rings is 1. The van der Waals surface area contributed by atoms with Crippen LogP contribution >= 0.6 is 0 Å². The third-order valence-corrected chi connectivity index (χ3v) is 3.27. The Balaban J connectivity index is 2.09. The molecule has 6 nitrogen and oxygen atoms in total. The molecule has 2 heterocycles. The lowest BCUT2D eigenvalue weighted by Gasteiger charge is -2.16. The van der Waals surface area contributed by atoms with Gasteiger partial charge in [-0.15, -0.1) is 0 Å². The smallest absolute Gasteiger partial charge is 0.416 e. The lowest BCUT2D eigenvalue weighted by Crippen LogP contribution is -2.11. The maximum absolute atomic E-state index is 12.9. The van der Waals surface area contributed by atoms with Gasteiger partial charge in [-0.25, -0.2) is 4.63 Å². The summed E-state index contributed by atoms with van der Waals surface area (Å²) in [5.41, 5.74) is -3.17. The van der Waals surface area contributed by atoms with E-state index in [9.17, 15) is 26.3 Å². The van der Waals surface area contributed by atoms with E-state index in [1.807, 2.05) is 0 Å². The normalized spacial score (nSPS) is 12.4. The first-order valence-electron chi connectivity index (χ1n) is 6.82. The van der Waals surface area contributed by atoms with Gasteiger partial charge < -0.3 is 10.1 Å². The fraction of sp³-hybridized carbons (Fsp3) is 0.214. The monoisotopic (exact) mass is 378 g/mol. The number of nitrogens with zero attached hydrogens (tertiary/aromatic N) is 3. The van der Waals surface area contributed by atoms with E-state index in [1.165, 1.54) is 13.2 Å². The van der Waals surface area contributed by atoms with Crippen LogP contribution in [0.4, 0.5) is 37.7 Å². The molecule has 1 N–H and O–H groups in total. The molecule has 0 radical (unpaired) electrons. The summed E-state index contributed by atoms with van der Waals surface area (Å²) in [4.78, 5) is 3.90. The molecule has 3 aromatic rings. The van der Waals surface area contributed by atoms with E-state index in [-0.39, 0.29) is 28.8 Å². The first kappa shape index (κ1) is 17.8. The largest absolute Gasteiger partial charge is 0.479 e. The van der Waals surface area contributed by atoms with Gasteiger partial charge in [0.25, 0.3) is 0 Å². The summed E-state index contributed by atoms with van der Waals surface area (Å²) in [5.74, 6) is -0.112. The molecule has 138 valence electrons. The van der Waals surface area contributed by atoms with Crippen molar-refractivity contribution in [1.29, 1.82) is 0 Å². The number of ether oxygens (including phenoxy) is 1. The quantitative estimate of drug-likeness (QED) is 0.681. The molecule has 0 atom stereocenters. The number of halogens is 6. The van der Waals surface area contributed by atoms with E-state index in [4.69, 9.17) is 4.74 Å². The van der Waals surface area contributed by atoms with Crippen LogP contribution in [-0.2, 0) is 12.4 Å². The molecule has 26 heavy (non-hydrogen) atoms. The number of aromatic nitrogens is 3. The predicted molar refractivity (Wildman–Crippen MR) is 75.9 cm³/mol. The number of pyridine rings is 1. The summed E-state index contributed by atoms with van der Waals surface area (Å²) in [7, 11) is 1.22. The summed E-state index contributed by atoms with van der Waals surface area (Å²) in [6.45, 7) is 0. The number of methoxy groups -OCH3 is 1. The van der Waals surface area contributed by atoms with Gasteiger partial charge in [0, 0.05) is 11.8 Å². The Bertz CT molecular complexity index is 918. The Morgan fingerprint density at radius 3 is 2.08 bits per heavy atom. The van der Waals surface area contributed by atoms with Gasteiger partial charge in [0.15, 0.2) is 5.52 Å². The Morgan fingerprint density at radius 2 is 1.54 bits per heavy atom. The van der Waals surface area contributed by atoms with Gasteiger partial charge in [-0.3, -0.25) is 0 Å². The number of rotatable bonds is 3. The maximum Gasteiger partial charge on any atom is 0.416 e. The van der Waals surface area contributed by atoms with Gasteiger partial charge in [-0.05, 0) is 28.5 Å². The van der Waals surface area contributed by atoms with Crippen molar-refractivity contribution < 1.29 is 35.7 Å². The van der Waals surface area contributed by atoms with Crippen molar-refractivity contribution in [1.82, 2.24) is 15.3 Å². The van der Waals surface area contributed by atoms with Gasteiger partial charge in [-0.1, -0.05) is 0 Å². The lowest BCUT2D eigenvalue weighted by molar-refractivity contribution is -0.143. The van der Waals surface area contributed by atoms with Crippen LogP contribution in [0.5, 0.6) is 5.88 Å². The number of anilines is 2. The molecular formula is C14H8F6N4O2. The molecule has 12 heteroatoms. The molecule has 0 aliphatic carbocycles. The molecule has 0 saturated carbocycles. The first-order valence-corrected chi connectivity index (χ1v) is 6.82. The fourth-order valence-corrected chi connectivity index (χ4v) is 2.14. The standard InChI is InChI=1S/C14H8F6N4O2/c1-25-12-10(5-9-11(22-12)24-26-23-9)21-8-3-6(13(15,16)17)2-7(4-8)14(18,19)20/h2-5,21H,1H3. The number of hydrogen-bond donors (Lipinski definition) is 1. The number of nitrogens with one attached hydrogen (secondary N) is 1. The number of hydrogen-bond acceptors (Lipinski definition) is 6. The second-order valence-corrected chi connectivity index (χ2v) is 5.07. The molecule has 2 aromatic heterocycles. The summed E-state index contributed by atoms with van der Waals surface area (Å²) in [5, 5.41) is 9.41. The van der Waals surface area contributed by atoms with Crippen LogP contribution in [0.1, 0.15) is 11.1 Å². The third kappa shape index (κ3) is 3.48. The van der Waals surface area contributed by atoms with Crippen LogP contribution < -0.4 is 10.1 Å². The average molecular weight is 378 g/mol. The molecule has 0 spiro atoms. The van der Waals surface area contributed by atoms with Gasteiger partial charge in [0.2, 0.25) is 11.5 Å². The van der Waals surface area contributed by atoms with Crippen LogP contribution in [0.15, 0.2) is 28.9 Å². The van der Waals surface area contributed by atoms with Crippen molar-refractivity contribution >= 4 is 22.5 Å². The van der Waals surface area contributed by atoms with E-state index in [2.05, 4.69) is 25.2 Å². The molecular weight excluding hydrogens is 370 g/mol. The highest BCUT2D eigenvalue weighted by atomic mass is 19.4. The molecule has 0 bridgehead atoms. The van der Waals surface area contributed by atoms with Gasteiger partial charge in [0.1, 0.15) is 5.69 Å². The SMILES string of the molecule is COc1nc2nonc2cc1Nc1cc(C(F)(F)F)cc(C(F)(F)F)c1.